The fraction of sp³-hybridized carbons (Fsp3) is 0.667. The number of Topliss-reactive ketones (excluding diaryl/α,β-unsaturated/α-hetero) is 1. The zero-order valence-corrected chi connectivity index (χ0v) is 23.0. The second-order valence-corrected chi connectivity index (χ2v) is 13.0. The van der Waals surface area contributed by atoms with E-state index < -0.39 is 27.9 Å². The normalized spacial score (nSPS) is 22.2. The second-order valence-electron chi connectivity index (χ2n) is 10.9. The van der Waals surface area contributed by atoms with Crippen LogP contribution in [0.2, 0.25) is 0 Å². The van der Waals surface area contributed by atoms with E-state index in [4.69, 9.17) is 5.73 Å². The molecule has 1 aromatic rings. The van der Waals surface area contributed by atoms with Crippen LogP contribution in [0, 0.1) is 18.8 Å². The lowest BCUT2D eigenvalue weighted by molar-refractivity contribution is -0.136. The maximum Gasteiger partial charge on any atom is 0.243 e. The van der Waals surface area contributed by atoms with Gasteiger partial charge in [0.2, 0.25) is 28.3 Å². The number of hydrogen-bond acceptors (Lipinski definition) is 5. The molecule has 3 rings (SSSR count). The van der Waals surface area contributed by atoms with Gasteiger partial charge in [0.05, 0.1) is 5.75 Å². The molecule has 1 aliphatic heterocycles. The van der Waals surface area contributed by atoms with Crippen molar-refractivity contribution in [3.05, 3.63) is 34.9 Å². The van der Waals surface area contributed by atoms with Crippen LogP contribution < -0.4 is 11.1 Å². The topological polar surface area (TPSA) is 127 Å². The quantitative estimate of drug-likeness (QED) is 0.434. The zero-order valence-electron chi connectivity index (χ0n) is 22.2. The first kappa shape index (κ1) is 30.1. The summed E-state index contributed by atoms with van der Waals surface area (Å²) in [5.74, 6) is -1.52. The number of ketones is 1. The highest BCUT2D eigenvalue weighted by atomic mass is 32.2. The van der Waals surface area contributed by atoms with Crippen molar-refractivity contribution >= 4 is 27.6 Å². The number of sulfonamides is 1. The van der Waals surface area contributed by atoms with E-state index in [2.05, 4.69) is 5.32 Å². The molecule has 1 saturated heterocycles. The summed E-state index contributed by atoms with van der Waals surface area (Å²) in [5.41, 5.74) is 7.06. The van der Waals surface area contributed by atoms with E-state index in [1.165, 1.54) is 11.2 Å². The van der Waals surface area contributed by atoms with Crippen LogP contribution in [-0.4, -0.2) is 61.1 Å². The van der Waals surface area contributed by atoms with Gasteiger partial charge in [-0.3, -0.25) is 14.4 Å². The number of halogens is 2. The van der Waals surface area contributed by atoms with Crippen LogP contribution in [0.4, 0.5) is 8.78 Å². The van der Waals surface area contributed by atoms with E-state index in [0.29, 0.717) is 38.5 Å². The van der Waals surface area contributed by atoms with Crippen LogP contribution in [0.15, 0.2) is 18.2 Å². The Morgan fingerprint density at radius 3 is 2.29 bits per heavy atom. The molecule has 212 valence electrons. The van der Waals surface area contributed by atoms with Crippen LogP contribution in [0.1, 0.15) is 68.6 Å². The first-order valence-electron chi connectivity index (χ1n) is 13.3. The third-order valence-electron chi connectivity index (χ3n) is 8.02. The minimum absolute atomic E-state index is 0.0587. The summed E-state index contributed by atoms with van der Waals surface area (Å²) in [6, 6.07) is 5.60. The van der Waals surface area contributed by atoms with Crippen LogP contribution in [-0.2, 0) is 37.2 Å². The molecule has 38 heavy (non-hydrogen) atoms. The Kier molecular flexibility index (Phi) is 10.0. The molecule has 1 heterocycles. The third-order valence-corrected chi connectivity index (χ3v) is 9.89. The van der Waals surface area contributed by atoms with Crippen molar-refractivity contribution in [1.82, 2.24) is 9.62 Å². The summed E-state index contributed by atoms with van der Waals surface area (Å²) in [7, 11) is -3.62. The van der Waals surface area contributed by atoms with Gasteiger partial charge in [-0.2, -0.15) is 0 Å². The third kappa shape index (κ3) is 7.81. The number of hydrogen-bond donors (Lipinski definition) is 2. The molecule has 2 aliphatic rings. The number of piperidine rings is 1. The standard InChI is InChI=1S/C27H39F2N3O5S/c1-18-15-21(16-19(2)33)5-6-22(18)9-14-38(36,37)32-12-10-27(11-13-32,26(30)35)31-25(34)23-7-3-20(4-8-23)17-24(28)29/h5-6,15,20,23-24H,3-4,7-14,16-17H2,1-2H3,(H2,30,35)(H,31,34). The number of nitrogens with zero attached hydrogens (tertiary/aromatic N) is 1. The SMILES string of the molecule is CC(=O)Cc1ccc(CCS(=O)(=O)N2CCC(NC(=O)C3CCC(CC(F)F)CC3)(C(N)=O)CC2)c(C)c1. The van der Waals surface area contributed by atoms with E-state index in [9.17, 15) is 31.6 Å². The van der Waals surface area contributed by atoms with E-state index in [-0.39, 0.29) is 61.6 Å². The minimum Gasteiger partial charge on any atom is -0.368 e. The van der Waals surface area contributed by atoms with Gasteiger partial charge in [-0.25, -0.2) is 21.5 Å². The first-order chi connectivity index (χ1) is 17.8. The van der Waals surface area contributed by atoms with Crippen LogP contribution in [0.25, 0.3) is 0 Å². The van der Waals surface area contributed by atoms with Crippen molar-refractivity contribution in [1.29, 1.82) is 0 Å². The van der Waals surface area contributed by atoms with Crippen molar-refractivity contribution in [3.8, 4) is 0 Å². The number of primary amides is 1. The van der Waals surface area contributed by atoms with Crippen LogP contribution in [0.3, 0.4) is 0 Å². The fourth-order valence-electron chi connectivity index (χ4n) is 5.63. The Bertz CT molecular complexity index is 1130. The molecule has 0 spiro atoms. The number of alkyl halides is 2. The first-order valence-corrected chi connectivity index (χ1v) is 14.9. The Morgan fingerprint density at radius 2 is 1.76 bits per heavy atom. The van der Waals surface area contributed by atoms with Gasteiger partial charge in [-0.1, -0.05) is 18.2 Å². The summed E-state index contributed by atoms with van der Waals surface area (Å²) in [6.45, 7) is 3.53. The monoisotopic (exact) mass is 555 g/mol. The zero-order chi connectivity index (χ0) is 28.1. The summed E-state index contributed by atoms with van der Waals surface area (Å²) < 4.78 is 52.8. The molecule has 2 amide bonds. The number of benzene rings is 1. The smallest absolute Gasteiger partial charge is 0.243 e. The average Bonchev–Trinajstić information content (AvgIpc) is 2.83. The lowest BCUT2D eigenvalue weighted by Crippen LogP contribution is -2.63. The number of nitrogens with two attached hydrogens (primary N) is 1. The molecular formula is C27H39F2N3O5S. The number of carbonyl (C=O) groups excluding carboxylic acids is 3. The molecule has 0 bridgehead atoms. The minimum atomic E-state index is -3.62. The van der Waals surface area contributed by atoms with Gasteiger partial charge in [-0.05, 0) is 81.4 Å². The van der Waals surface area contributed by atoms with Gasteiger partial charge >= 0.3 is 0 Å². The number of nitrogens with one attached hydrogen (secondary N) is 1. The Morgan fingerprint density at radius 1 is 1.13 bits per heavy atom. The predicted molar refractivity (Wildman–Crippen MR) is 140 cm³/mol. The van der Waals surface area contributed by atoms with Gasteiger partial charge in [0, 0.05) is 31.8 Å². The summed E-state index contributed by atoms with van der Waals surface area (Å²) >= 11 is 0. The van der Waals surface area contributed by atoms with Crippen molar-refractivity contribution in [2.45, 2.75) is 83.6 Å². The average molecular weight is 556 g/mol. The van der Waals surface area contributed by atoms with E-state index in [0.717, 1.165) is 16.7 Å². The summed E-state index contributed by atoms with van der Waals surface area (Å²) in [6.07, 6.45) is 0.332. The molecule has 2 fully saturated rings. The number of aryl methyl sites for hydroxylation is 2. The molecule has 3 N–H and O–H groups in total. The summed E-state index contributed by atoms with van der Waals surface area (Å²) in [5, 5.41) is 2.81. The maximum atomic E-state index is 13.1. The molecule has 0 aromatic heterocycles. The fourth-order valence-corrected chi connectivity index (χ4v) is 7.11. The molecule has 1 saturated carbocycles. The molecule has 0 radical (unpaired) electrons. The Balaban J connectivity index is 1.55. The predicted octanol–water partition coefficient (Wildman–Crippen LogP) is 2.90. The highest BCUT2D eigenvalue weighted by molar-refractivity contribution is 7.89. The second kappa shape index (κ2) is 12.6. The van der Waals surface area contributed by atoms with Crippen molar-refractivity contribution in [3.63, 3.8) is 0 Å². The van der Waals surface area contributed by atoms with E-state index >= 15 is 0 Å². The number of rotatable bonds is 11. The summed E-state index contributed by atoms with van der Waals surface area (Å²) in [4.78, 5) is 36.7. The highest BCUT2D eigenvalue weighted by Gasteiger charge is 2.44. The largest absolute Gasteiger partial charge is 0.368 e. The Labute approximate surface area is 223 Å². The van der Waals surface area contributed by atoms with Crippen LogP contribution in [0.5, 0.6) is 0 Å². The van der Waals surface area contributed by atoms with Gasteiger partial charge < -0.3 is 11.1 Å². The van der Waals surface area contributed by atoms with E-state index in [1.807, 2.05) is 25.1 Å². The van der Waals surface area contributed by atoms with Gasteiger partial charge in [-0.15, -0.1) is 0 Å². The van der Waals surface area contributed by atoms with E-state index in [1.54, 1.807) is 0 Å². The Hall–Kier alpha value is -2.40. The lowest BCUT2D eigenvalue weighted by Gasteiger charge is -2.40. The molecule has 11 heteroatoms. The van der Waals surface area contributed by atoms with Crippen molar-refractivity contribution in [2.75, 3.05) is 18.8 Å². The molecule has 0 atom stereocenters. The lowest BCUT2D eigenvalue weighted by atomic mass is 9.79. The molecule has 8 nitrogen and oxygen atoms in total. The van der Waals surface area contributed by atoms with Gasteiger partial charge in [0.15, 0.2) is 0 Å². The van der Waals surface area contributed by atoms with Crippen molar-refractivity contribution < 1.29 is 31.6 Å². The molecule has 1 aromatic carbocycles. The van der Waals surface area contributed by atoms with Crippen molar-refractivity contribution in [2.24, 2.45) is 17.6 Å². The maximum absolute atomic E-state index is 13.1. The number of amides is 2. The molecule has 0 unspecified atom stereocenters. The number of carbonyl (C=O) groups is 3. The van der Waals surface area contributed by atoms with Gasteiger partial charge in [0.1, 0.15) is 11.3 Å². The highest BCUT2D eigenvalue weighted by Crippen LogP contribution is 2.33. The molecule has 1 aliphatic carbocycles. The van der Waals surface area contributed by atoms with Gasteiger partial charge in [0.25, 0.3) is 0 Å². The molecular weight excluding hydrogens is 516 g/mol. The van der Waals surface area contributed by atoms with Crippen LogP contribution >= 0.6 is 0 Å².